The van der Waals surface area contributed by atoms with Gasteiger partial charge in [0.25, 0.3) is 0 Å². The monoisotopic (exact) mass is 305 g/mol. The van der Waals surface area contributed by atoms with Gasteiger partial charge in [-0.25, -0.2) is 0 Å². The molecule has 1 atom stereocenters. The average molecular weight is 305 g/mol. The van der Waals surface area contributed by atoms with E-state index in [1.54, 1.807) is 14.2 Å². The number of hydrogen-bond acceptors (Lipinski definition) is 3. The fourth-order valence-corrected chi connectivity index (χ4v) is 3.11. The normalized spacial score (nSPS) is 17.0. The van der Waals surface area contributed by atoms with E-state index in [4.69, 9.17) is 9.47 Å². The average Bonchev–Trinajstić information content (AvgIpc) is 2.56. The lowest BCUT2D eigenvalue weighted by atomic mass is 9.87. The van der Waals surface area contributed by atoms with E-state index in [0.717, 1.165) is 11.3 Å². The standard InChI is InChI=1S/C18H27NO3/c1-21-16-10-6-9-15(12-16)17(22-2)13-19-18(20)11-14-7-4-3-5-8-14/h6,9-10,12,14,17H,3-5,7-8,11,13H2,1-2H3,(H,19,20). The Balaban J connectivity index is 1.83. The first-order chi connectivity index (χ1) is 10.7. The van der Waals surface area contributed by atoms with Crippen LogP contribution in [-0.2, 0) is 9.53 Å². The summed E-state index contributed by atoms with van der Waals surface area (Å²) in [5.41, 5.74) is 1.01. The number of hydrogen-bond donors (Lipinski definition) is 1. The highest BCUT2D eigenvalue weighted by Crippen LogP contribution is 2.26. The highest BCUT2D eigenvalue weighted by atomic mass is 16.5. The molecule has 1 fully saturated rings. The topological polar surface area (TPSA) is 47.6 Å². The van der Waals surface area contributed by atoms with Crippen molar-refractivity contribution in [3.05, 3.63) is 29.8 Å². The van der Waals surface area contributed by atoms with Crippen LogP contribution in [0.3, 0.4) is 0 Å². The fraction of sp³-hybridized carbons (Fsp3) is 0.611. The van der Waals surface area contributed by atoms with Gasteiger partial charge in [-0.05, 0) is 36.5 Å². The van der Waals surface area contributed by atoms with E-state index in [0.29, 0.717) is 18.9 Å². The molecule has 0 bridgehead atoms. The summed E-state index contributed by atoms with van der Waals surface area (Å²) in [5.74, 6) is 1.50. The number of methoxy groups -OCH3 is 2. The molecule has 1 N–H and O–H groups in total. The number of ether oxygens (including phenoxy) is 2. The zero-order valence-electron chi connectivity index (χ0n) is 13.6. The van der Waals surface area contributed by atoms with Crippen molar-refractivity contribution < 1.29 is 14.3 Å². The van der Waals surface area contributed by atoms with Crippen molar-refractivity contribution in [3.8, 4) is 5.75 Å². The van der Waals surface area contributed by atoms with E-state index in [1.807, 2.05) is 24.3 Å². The van der Waals surface area contributed by atoms with Gasteiger partial charge in [-0.2, -0.15) is 0 Å². The van der Waals surface area contributed by atoms with Crippen LogP contribution in [0.2, 0.25) is 0 Å². The summed E-state index contributed by atoms with van der Waals surface area (Å²) in [6.07, 6.45) is 6.73. The second-order valence-electron chi connectivity index (χ2n) is 6.01. The third-order valence-electron chi connectivity index (χ3n) is 4.43. The van der Waals surface area contributed by atoms with E-state index in [2.05, 4.69) is 5.32 Å². The Bertz CT molecular complexity index is 469. The Hall–Kier alpha value is -1.55. The Morgan fingerprint density at radius 1 is 1.27 bits per heavy atom. The molecule has 0 aromatic heterocycles. The summed E-state index contributed by atoms with van der Waals surface area (Å²) in [4.78, 5) is 12.1. The number of carbonyl (C=O) groups is 1. The molecule has 0 heterocycles. The molecule has 1 saturated carbocycles. The van der Waals surface area contributed by atoms with Crippen LogP contribution in [0, 0.1) is 5.92 Å². The predicted molar refractivity (Wildman–Crippen MR) is 86.9 cm³/mol. The summed E-state index contributed by atoms with van der Waals surface area (Å²) >= 11 is 0. The first-order valence-corrected chi connectivity index (χ1v) is 8.16. The minimum absolute atomic E-state index is 0.136. The van der Waals surface area contributed by atoms with Crippen LogP contribution < -0.4 is 10.1 Å². The third-order valence-corrected chi connectivity index (χ3v) is 4.43. The molecule has 0 spiro atoms. The van der Waals surface area contributed by atoms with Crippen LogP contribution in [0.15, 0.2) is 24.3 Å². The molecule has 0 saturated heterocycles. The van der Waals surface area contributed by atoms with Crippen LogP contribution >= 0.6 is 0 Å². The molecule has 2 rings (SSSR count). The summed E-state index contributed by atoms with van der Waals surface area (Å²) in [7, 11) is 3.31. The van der Waals surface area contributed by atoms with Gasteiger partial charge in [-0.15, -0.1) is 0 Å². The third kappa shape index (κ3) is 5.02. The smallest absolute Gasteiger partial charge is 0.220 e. The molecule has 1 amide bonds. The Morgan fingerprint density at radius 3 is 2.73 bits per heavy atom. The summed E-state index contributed by atoms with van der Waals surface area (Å²) in [6, 6.07) is 7.77. The van der Waals surface area contributed by atoms with E-state index in [1.165, 1.54) is 32.1 Å². The Morgan fingerprint density at radius 2 is 2.05 bits per heavy atom. The molecular formula is C18H27NO3. The molecule has 4 heteroatoms. The van der Waals surface area contributed by atoms with Gasteiger partial charge in [0.15, 0.2) is 0 Å². The molecule has 0 radical (unpaired) electrons. The predicted octanol–water partition coefficient (Wildman–Crippen LogP) is 3.47. The van der Waals surface area contributed by atoms with Crippen molar-refractivity contribution in [2.75, 3.05) is 20.8 Å². The Kier molecular flexibility index (Phi) is 6.72. The van der Waals surface area contributed by atoms with Gasteiger partial charge in [-0.1, -0.05) is 31.4 Å². The lowest BCUT2D eigenvalue weighted by Crippen LogP contribution is -2.30. The van der Waals surface area contributed by atoms with Crippen molar-refractivity contribution in [2.24, 2.45) is 5.92 Å². The number of carbonyl (C=O) groups excluding carboxylic acids is 1. The molecule has 1 aliphatic carbocycles. The number of amides is 1. The van der Waals surface area contributed by atoms with Gasteiger partial charge in [-0.3, -0.25) is 4.79 Å². The van der Waals surface area contributed by atoms with Gasteiger partial charge >= 0.3 is 0 Å². The van der Waals surface area contributed by atoms with Crippen LogP contribution in [0.25, 0.3) is 0 Å². The van der Waals surface area contributed by atoms with Gasteiger partial charge in [0.05, 0.1) is 13.2 Å². The van der Waals surface area contributed by atoms with Crippen LogP contribution in [0.5, 0.6) is 5.75 Å². The van der Waals surface area contributed by atoms with Crippen molar-refractivity contribution in [1.82, 2.24) is 5.32 Å². The van der Waals surface area contributed by atoms with Gasteiger partial charge in [0.1, 0.15) is 5.75 Å². The molecule has 122 valence electrons. The van der Waals surface area contributed by atoms with Crippen LogP contribution in [0.1, 0.15) is 50.2 Å². The maximum Gasteiger partial charge on any atom is 0.220 e. The number of benzene rings is 1. The van der Waals surface area contributed by atoms with E-state index < -0.39 is 0 Å². The SMILES string of the molecule is COc1cccc(C(CNC(=O)CC2CCCCC2)OC)c1. The molecule has 4 nitrogen and oxygen atoms in total. The number of rotatable bonds is 7. The summed E-state index contributed by atoms with van der Waals surface area (Å²) < 4.78 is 10.7. The molecule has 1 aliphatic rings. The second kappa shape index (κ2) is 8.79. The van der Waals surface area contributed by atoms with Crippen LogP contribution in [0.4, 0.5) is 0 Å². The van der Waals surface area contributed by atoms with Crippen LogP contribution in [-0.4, -0.2) is 26.7 Å². The minimum atomic E-state index is -0.148. The van der Waals surface area contributed by atoms with Crippen molar-refractivity contribution in [3.63, 3.8) is 0 Å². The second-order valence-corrected chi connectivity index (χ2v) is 6.01. The quantitative estimate of drug-likeness (QED) is 0.839. The molecule has 1 aromatic rings. The molecule has 0 aliphatic heterocycles. The van der Waals surface area contributed by atoms with E-state index >= 15 is 0 Å². The zero-order chi connectivity index (χ0) is 15.8. The fourth-order valence-electron chi connectivity index (χ4n) is 3.11. The first-order valence-electron chi connectivity index (χ1n) is 8.16. The highest BCUT2D eigenvalue weighted by molar-refractivity contribution is 5.76. The Labute approximate surface area is 133 Å². The minimum Gasteiger partial charge on any atom is -0.497 e. The zero-order valence-corrected chi connectivity index (χ0v) is 13.6. The maximum atomic E-state index is 12.1. The summed E-state index contributed by atoms with van der Waals surface area (Å²) in [6.45, 7) is 0.495. The molecule has 22 heavy (non-hydrogen) atoms. The maximum absolute atomic E-state index is 12.1. The van der Waals surface area contributed by atoms with Gasteiger partial charge in [0.2, 0.25) is 5.91 Å². The van der Waals surface area contributed by atoms with Crippen molar-refractivity contribution in [2.45, 2.75) is 44.6 Å². The molecular weight excluding hydrogens is 278 g/mol. The first kappa shape index (κ1) is 16.8. The van der Waals surface area contributed by atoms with Crippen molar-refractivity contribution >= 4 is 5.91 Å². The largest absolute Gasteiger partial charge is 0.497 e. The van der Waals surface area contributed by atoms with Gasteiger partial charge < -0.3 is 14.8 Å². The van der Waals surface area contributed by atoms with E-state index in [-0.39, 0.29) is 12.0 Å². The van der Waals surface area contributed by atoms with Gasteiger partial charge in [0, 0.05) is 20.1 Å². The lowest BCUT2D eigenvalue weighted by Gasteiger charge is -2.22. The lowest BCUT2D eigenvalue weighted by molar-refractivity contribution is -0.122. The molecule has 1 aromatic carbocycles. The van der Waals surface area contributed by atoms with Crippen molar-refractivity contribution in [1.29, 1.82) is 0 Å². The number of nitrogens with one attached hydrogen (secondary N) is 1. The van der Waals surface area contributed by atoms with E-state index in [9.17, 15) is 4.79 Å². The molecule has 1 unspecified atom stereocenters. The highest BCUT2D eigenvalue weighted by Gasteiger charge is 2.18. The summed E-state index contributed by atoms with van der Waals surface area (Å²) in [5, 5.41) is 3.01.